The summed E-state index contributed by atoms with van der Waals surface area (Å²) in [6.07, 6.45) is 0. The Hall–Kier alpha value is -3.54. The summed E-state index contributed by atoms with van der Waals surface area (Å²) in [5.41, 5.74) is 2.95. The van der Waals surface area contributed by atoms with E-state index in [1.807, 2.05) is 37.3 Å². The van der Waals surface area contributed by atoms with Crippen LogP contribution in [0.15, 0.2) is 112 Å². The molecule has 0 atom stereocenters. The number of rotatable bonds is 2. The minimum absolute atomic E-state index is 0.178. The van der Waals surface area contributed by atoms with Gasteiger partial charge in [0.1, 0.15) is 10.1 Å². The van der Waals surface area contributed by atoms with Gasteiger partial charge in [-0.15, -0.1) is 0 Å². The van der Waals surface area contributed by atoms with Gasteiger partial charge < -0.3 is 4.55 Å². The molecule has 5 rings (SSSR count). The summed E-state index contributed by atoms with van der Waals surface area (Å²) < 4.78 is 37.2. The third-order valence-corrected chi connectivity index (χ3v) is 5.77. The third kappa shape index (κ3) is 4.79. The molecular weight excluding hydrogens is 408 g/mol. The Balaban J connectivity index is 0.000000180. The van der Waals surface area contributed by atoms with Crippen LogP contribution in [-0.4, -0.2) is 13.0 Å². The Bertz CT molecular complexity index is 1440. The van der Waals surface area contributed by atoms with Crippen LogP contribution < -0.4 is 0 Å². The van der Waals surface area contributed by atoms with Gasteiger partial charge in [-0.05, 0) is 54.1 Å². The van der Waals surface area contributed by atoms with Gasteiger partial charge in [-0.1, -0.05) is 60.2 Å². The zero-order valence-corrected chi connectivity index (χ0v) is 17.7. The lowest BCUT2D eigenvalue weighted by Gasteiger charge is -2.05. The summed E-state index contributed by atoms with van der Waals surface area (Å²) in [4.78, 5) is -0.178. The molecule has 0 N–H and O–H groups in total. The highest BCUT2D eigenvalue weighted by molar-refractivity contribution is 7.85. The maximum Gasteiger partial charge on any atom is 0.361 e. The molecule has 0 amide bonds. The quantitative estimate of drug-likeness (QED) is 0.184. The SMILES string of the molecule is Cc1ccc(S(=O)(=O)[O-])cc1.c1ccc(-c2ccc3c(ccc4ccccc43)[o+]2)cc1. The molecule has 0 saturated carbocycles. The summed E-state index contributed by atoms with van der Waals surface area (Å²) in [5.74, 6) is 0.897. The summed E-state index contributed by atoms with van der Waals surface area (Å²) in [6, 6.07) is 32.7. The second kappa shape index (κ2) is 8.68. The largest absolute Gasteiger partial charge is 0.744 e. The molecule has 31 heavy (non-hydrogen) atoms. The van der Waals surface area contributed by atoms with Gasteiger partial charge in [0.2, 0.25) is 0 Å². The predicted octanol–water partition coefficient (Wildman–Crippen LogP) is 6.43. The van der Waals surface area contributed by atoms with E-state index in [4.69, 9.17) is 4.42 Å². The lowest BCUT2D eigenvalue weighted by Crippen LogP contribution is -1.97. The van der Waals surface area contributed by atoms with E-state index in [0.29, 0.717) is 0 Å². The van der Waals surface area contributed by atoms with E-state index in [9.17, 15) is 13.0 Å². The molecule has 0 aliphatic rings. The molecule has 0 bridgehead atoms. The Morgan fingerprint density at radius 1 is 0.677 bits per heavy atom. The normalized spacial score (nSPS) is 11.2. The molecule has 1 aromatic heterocycles. The second-order valence-corrected chi connectivity index (χ2v) is 8.51. The molecule has 0 unspecified atom stereocenters. The van der Waals surface area contributed by atoms with E-state index in [0.717, 1.165) is 27.9 Å². The van der Waals surface area contributed by atoms with E-state index in [1.165, 1.54) is 22.9 Å². The molecule has 5 heteroatoms. The highest BCUT2D eigenvalue weighted by Gasteiger charge is 2.15. The van der Waals surface area contributed by atoms with Crippen molar-refractivity contribution in [3.63, 3.8) is 0 Å². The van der Waals surface area contributed by atoms with Crippen molar-refractivity contribution >= 4 is 31.9 Å². The van der Waals surface area contributed by atoms with Gasteiger partial charge in [0.25, 0.3) is 0 Å². The monoisotopic (exact) mass is 428 g/mol. The van der Waals surface area contributed by atoms with Crippen molar-refractivity contribution in [2.45, 2.75) is 11.8 Å². The van der Waals surface area contributed by atoms with Crippen LogP contribution in [-0.2, 0) is 10.1 Å². The number of hydrogen-bond acceptors (Lipinski definition) is 3. The first-order valence-electron chi connectivity index (χ1n) is 9.74. The first-order chi connectivity index (χ1) is 14.9. The van der Waals surface area contributed by atoms with Gasteiger partial charge in [0.15, 0.2) is 0 Å². The fourth-order valence-corrected chi connectivity index (χ4v) is 3.78. The molecule has 0 radical (unpaired) electrons. The van der Waals surface area contributed by atoms with E-state index in [2.05, 4.69) is 48.5 Å². The molecule has 4 aromatic carbocycles. The van der Waals surface area contributed by atoms with Gasteiger partial charge in [0.05, 0.1) is 15.8 Å². The van der Waals surface area contributed by atoms with Gasteiger partial charge in [-0.25, -0.2) is 12.8 Å². The van der Waals surface area contributed by atoms with Crippen LogP contribution in [0.5, 0.6) is 0 Å². The maximum absolute atomic E-state index is 10.4. The fraction of sp³-hybridized carbons (Fsp3) is 0.0385. The lowest BCUT2D eigenvalue weighted by atomic mass is 10.1. The summed E-state index contributed by atoms with van der Waals surface area (Å²) >= 11 is 0. The Kier molecular flexibility index (Phi) is 5.80. The smallest absolute Gasteiger partial charge is 0.361 e. The van der Waals surface area contributed by atoms with Crippen LogP contribution in [0, 0.1) is 6.92 Å². The van der Waals surface area contributed by atoms with Crippen molar-refractivity contribution in [1.82, 2.24) is 0 Å². The second-order valence-electron chi connectivity index (χ2n) is 7.13. The van der Waals surface area contributed by atoms with Crippen molar-refractivity contribution < 1.29 is 17.4 Å². The molecule has 4 nitrogen and oxygen atoms in total. The van der Waals surface area contributed by atoms with E-state index < -0.39 is 10.1 Å². The van der Waals surface area contributed by atoms with Crippen molar-refractivity contribution in [2.75, 3.05) is 0 Å². The van der Waals surface area contributed by atoms with Crippen LogP contribution in [0.1, 0.15) is 5.56 Å². The van der Waals surface area contributed by atoms with Gasteiger partial charge in [-0.2, -0.15) is 0 Å². The van der Waals surface area contributed by atoms with Crippen molar-refractivity contribution in [2.24, 2.45) is 0 Å². The van der Waals surface area contributed by atoms with Crippen LogP contribution >= 0.6 is 0 Å². The molecule has 0 fully saturated rings. The van der Waals surface area contributed by atoms with Crippen LogP contribution in [0.4, 0.5) is 0 Å². The van der Waals surface area contributed by atoms with E-state index in [-0.39, 0.29) is 4.90 Å². The average Bonchev–Trinajstić information content (AvgIpc) is 2.79. The predicted molar refractivity (Wildman–Crippen MR) is 123 cm³/mol. The Labute approximate surface area is 181 Å². The zero-order valence-electron chi connectivity index (χ0n) is 16.9. The van der Waals surface area contributed by atoms with Crippen molar-refractivity contribution in [1.29, 1.82) is 0 Å². The van der Waals surface area contributed by atoms with Gasteiger partial charge in [0, 0.05) is 12.1 Å². The standard InChI is InChI=1S/C19H13O.C7H8O3S/c1-2-7-15(8-3-1)18-13-11-17-16-9-5-4-6-14(16)10-12-19(17)20-18;1-6-2-4-7(5-3-6)11(8,9)10/h1-13H;2-5H,1H3,(H,8,9,10)/q+1;/p-1. The van der Waals surface area contributed by atoms with Gasteiger partial charge >= 0.3 is 11.3 Å². The topological polar surface area (TPSA) is 68.5 Å². The lowest BCUT2D eigenvalue weighted by molar-refractivity contribution is 0.463. The average molecular weight is 429 g/mol. The number of aryl methyl sites for hydroxylation is 1. The molecule has 0 saturated heterocycles. The first-order valence-corrected chi connectivity index (χ1v) is 11.2. The highest BCUT2D eigenvalue weighted by atomic mass is 32.2. The van der Waals surface area contributed by atoms with E-state index >= 15 is 0 Å². The summed E-state index contributed by atoms with van der Waals surface area (Å²) in [5, 5.41) is 3.62. The maximum atomic E-state index is 10.4. The van der Waals surface area contributed by atoms with Crippen LogP contribution in [0.2, 0.25) is 0 Å². The van der Waals surface area contributed by atoms with Crippen molar-refractivity contribution in [3.8, 4) is 11.3 Å². The number of benzene rings is 4. The molecule has 1 heterocycles. The highest BCUT2D eigenvalue weighted by Crippen LogP contribution is 2.29. The minimum atomic E-state index is -4.27. The number of hydrogen-bond donors (Lipinski definition) is 0. The van der Waals surface area contributed by atoms with Crippen LogP contribution in [0.25, 0.3) is 33.1 Å². The fourth-order valence-electron chi connectivity index (χ4n) is 3.31. The third-order valence-electron chi connectivity index (χ3n) is 4.92. The van der Waals surface area contributed by atoms with Crippen LogP contribution in [0.3, 0.4) is 0 Å². The first kappa shape index (κ1) is 20.7. The molecular formula is C26H20O4S. The molecule has 154 valence electrons. The summed E-state index contributed by atoms with van der Waals surface area (Å²) in [6.45, 7) is 1.82. The Morgan fingerprint density at radius 3 is 2.06 bits per heavy atom. The minimum Gasteiger partial charge on any atom is -0.744 e. The van der Waals surface area contributed by atoms with E-state index in [1.54, 1.807) is 12.1 Å². The van der Waals surface area contributed by atoms with Gasteiger partial charge in [-0.3, -0.25) is 0 Å². The molecule has 0 aliphatic carbocycles. The number of fused-ring (bicyclic) bond motifs is 3. The van der Waals surface area contributed by atoms with Crippen molar-refractivity contribution in [3.05, 3.63) is 109 Å². The Morgan fingerprint density at radius 2 is 1.35 bits per heavy atom. The molecule has 0 aliphatic heterocycles. The summed E-state index contributed by atoms with van der Waals surface area (Å²) in [7, 11) is -4.27. The zero-order chi connectivity index (χ0) is 21.8. The molecule has 0 spiro atoms. The molecule has 5 aromatic rings.